The van der Waals surface area contributed by atoms with Gasteiger partial charge in [0.25, 0.3) is 0 Å². The summed E-state index contributed by atoms with van der Waals surface area (Å²) in [6, 6.07) is 0. The van der Waals surface area contributed by atoms with Crippen molar-refractivity contribution in [1.82, 2.24) is 0 Å². The first-order chi connectivity index (χ1) is 10.4. The zero-order chi connectivity index (χ0) is 15.7. The number of aliphatic hydroxyl groups is 3. The quantitative estimate of drug-likeness (QED) is 0.644. The van der Waals surface area contributed by atoms with E-state index in [0.717, 1.165) is 25.7 Å². The van der Waals surface area contributed by atoms with Crippen molar-refractivity contribution in [3.05, 3.63) is 24.0 Å². The van der Waals surface area contributed by atoms with Gasteiger partial charge in [-0.3, -0.25) is 0 Å². The molecule has 3 N–H and O–H groups in total. The largest absolute Gasteiger partial charge is 0.508 e. The van der Waals surface area contributed by atoms with E-state index in [0.29, 0.717) is 29.9 Å². The van der Waals surface area contributed by atoms with Gasteiger partial charge in [-0.25, -0.2) is 0 Å². The molecule has 3 saturated carbocycles. The summed E-state index contributed by atoms with van der Waals surface area (Å²) in [6.45, 7) is 4.44. The summed E-state index contributed by atoms with van der Waals surface area (Å²) in [5.41, 5.74) is -0.177. The van der Waals surface area contributed by atoms with Crippen LogP contribution in [0.2, 0.25) is 0 Å². The van der Waals surface area contributed by atoms with E-state index in [4.69, 9.17) is 0 Å². The van der Waals surface area contributed by atoms with Crippen LogP contribution in [-0.4, -0.2) is 27.5 Å². The van der Waals surface area contributed by atoms with Crippen molar-refractivity contribution in [2.75, 3.05) is 0 Å². The minimum absolute atomic E-state index is 0.0660. The van der Waals surface area contributed by atoms with E-state index in [1.807, 2.05) is 12.2 Å². The predicted molar refractivity (Wildman–Crippen MR) is 85.1 cm³/mol. The van der Waals surface area contributed by atoms with Crippen LogP contribution in [0.3, 0.4) is 0 Å². The fourth-order valence-electron chi connectivity index (χ4n) is 6.56. The second-order valence-corrected chi connectivity index (χ2v) is 8.64. The van der Waals surface area contributed by atoms with Crippen molar-refractivity contribution >= 4 is 0 Å². The Morgan fingerprint density at radius 1 is 1.09 bits per heavy atom. The van der Waals surface area contributed by atoms with Gasteiger partial charge in [0.1, 0.15) is 5.76 Å². The Bertz CT molecular complexity index is 539. The molecular formula is C19H28O3. The average molecular weight is 304 g/mol. The topological polar surface area (TPSA) is 60.7 Å². The third kappa shape index (κ3) is 1.75. The molecule has 0 aromatic rings. The zero-order valence-electron chi connectivity index (χ0n) is 13.6. The Hall–Kier alpha value is -0.800. The molecule has 3 nitrogen and oxygen atoms in total. The molecule has 22 heavy (non-hydrogen) atoms. The van der Waals surface area contributed by atoms with Gasteiger partial charge < -0.3 is 15.3 Å². The van der Waals surface area contributed by atoms with Crippen molar-refractivity contribution in [3.63, 3.8) is 0 Å². The molecule has 0 aromatic carbocycles. The van der Waals surface area contributed by atoms with Crippen LogP contribution in [0.5, 0.6) is 0 Å². The van der Waals surface area contributed by atoms with Crippen LogP contribution < -0.4 is 0 Å². The highest BCUT2D eigenvalue weighted by molar-refractivity contribution is 5.27. The lowest BCUT2D eigenvalue weighted by molar-refractivity contribution is -0.149. The van der Waals surface area contributed by atoms with Crippen LogP contribution in [-0.2, 0) is 0 Å². The lowest BCUT2D eigenvalue weighted by atomic mass is 9.46. The van der Waals surface area contributed by atoms with Crippen LogP contribution in [0, 0.1) is 34.5 Å². The maximum Gasteiger partial charge on any atom is 0.111 e. The van der Waals surface area contributed by atoms with Gasteiger partial charge in [-0.1, -0.05) is 19.9 Å². The van der Waals surface area contributed by atoms with Crippen LogP contribution in [0.4, 0.5) is 0 Å². The Morgan fingerprint density at radius 3 is 2.64 bits per heavy atom. The monoisotopic (exact) mass is 304 g/mol. The molecule has 0 amide bonds. The van der Waals surface area contributed by atoms with Gasteiger partial charge in [-0.15, -0.1) is 0 Å². The van der Waals surface area contributed by atoms with E-state index in [9.17, 15) is 15.3 Å². The zero-order valence-corrected chi connectivity index (χ0v) is 13.6. The lowest BCUT2D eigenvalue weighted by Gasteiger charge is -2.59. The molecule has 0 bridgehead atoms. The summed E-state index contributed by atoms with van der Waals surface area (Å²) in [5.74, 6) is 1.96. The van der Waals surface area contributed by atoms with Gasteiger partial charge in [0.05, 0.1) is 12.2 Å². The Balaban J connectivity index is 1.73. The highest BCUT2D eigenvalue weighted by Crippen LogP contribution is 2.64. The van der Waals surface area contributed by atoms with E-state index in [1.54, 1.807) is 0 Å². The molecule has 4 rings (SSSR count). The molecule has 0 radical (unpaired) electrons. The Kier molecular flexibility index (Phi) is 3.09. The number of fused-ring (bicyclic) bond motifs is 5. The summed E-state index contributed by atoms with van der Waals surface area (Å²) in [6.07, 6.45) is 10.2. The van der Waals surface area contributed by atoms with Gasteiger partial charge in [-0.05, 0) is 78.8 Å². The summed E-state index contributed by atoms with van der Waals surface area (Å²) < 4.78 is 0. The van der Waals surface area contributed by atoms with Gasteiger partial charge in [-0.2, -0.15) is 0 Å². The van der Waals surface area contributed by atoms with Crippen molar-refractivity contribution < 1.29 is 15.3 Å². The minimum Gasteiger partial charge on any atom is -0.508 e. The number of aliphatic hydroxyl groups excluding tert-OH is 3. The smallest absolute Gasteiger partial charge is 0.111 e. The SMILES string of the molecule is C[C@]12C=CC(O)=CC1CC[C@@H]1[C@H]2C(O)C[C@]2(C)C(O)CC[C@@H]12. The van der Waals surface area contributed by atoms with Gasteiger partial charge in [0, 0.05) is 0 Å². The minimum atomic E-state index is -0.356. The molecule has 4 aliphatic rings. The molecule has 0 saturated heterocycles. The molecule has 122 valence electrons. The third-order valence-corrected chi connectivity index (χ3v) is 7.71. The molecule has 3 fully saturated rings. The maximum atomic E-state index is 11.0. The standard InChI is InChI=1S/C19H28O3/c1-18-8-7-12(20)9-11(18)3-4-13-14-5-6-16(22)19(14,2)10-15(21)17(13)18/h7-9,11,13-17,20-22H,3-6,10H2,1-2H3/t11?,13-,14-,15?,16?,17-,18-,19-/m0/s1. The molecular weight excluding hydrogens is 276 g/mol. The lowest BCUT2D eigenvalue weighted by Crippen LogP contribution is -2.57. The first-order valence-electron chi connectivity index (χ1n) is 8.82. The van der Waals surface area contributed by atoms with Gasteiger partial charge in [0.15, 0.2) is 0 Å². The third-order valence-electron chi connectivity index (χ3n) is 7.71. The number of rotatable bonds is 0. The highest BCUT2D eigenvalue weighted by Gasteiger charge is 2.61. The molecule has 0 spiro atoms. The van der Waals surface area contributed by atoms with Gasteiger partial charge in [0.2, 0.25) is 0 Å². The van der Waals surface area contributed by atoms with Gasteiger partial charge >= 0.3 is 0 Å². The average Bonchev–Trinajstić information content (AvgIpc) is 2.75. The molecule has 3 unspecified atom stereocenters. The van der Waals surface area contributed by atoms with Crippen LogP contribution in [0.25, 0.3) is 0 Å². The number of hydrogen-bond donors (Lipinski definition) is 3. The molecule has 8 atom stereocenters. The van der Waals surface area contributed by atoms with Crippen molar-refractivity contribution in [2.45, 2.75) is 58.2 Å². The van der Waals surface area contributed by atoms with Crippen LogP contribution in [0.1, 0.15) is 46.0 Å². The molecule has 0 heterocycles. The molecule has 3 heteroatoms. The van der Waals surface area contributed by atoms with E-state index in [-0.39, 0.29) is 29.0 Å². The van der Waals surface area contributed by atoms with Crippen molar-refractivity contribution in [1.29, 1.82) is 0 Å². The number of allylic oxidation sites excluding steroid dienone is 3. The Labute approximate surface area is 132 Å². The maximum absolute atomic E-state index is 11.0. The summed E-state index contributed by atoms with van der Waals surface area (Å²) in [5, 5.41) is 31.3. The Morgan fingerprint density at radius 2 is 1.86 bits per heavy atom. The van der Waals surface area contributed by atoms with E-state index in [1.165, 1.54) is 0 Å². The van der Waals surface area contributed by atoms with Crippen molar-refractivity contribution in [3.8, 4) is 0 Å². The van der Waals surface area contributed by atoms with Crippen LogP contribution >= 0.6 is 0 Å². The molecule has 0 aliphatic heterocycles. The van der Waals surface area contributed by atoms with Crippen LogP contribution in [0.15, 0.2) is 24.0 Å². The van der Waals surface area contributed by atoms with E-state index in [2.05, 4.69) is 19.9 Å². The van der Waals surface area contributed by atoms with E-state index >= 15 is 0 Å². The second kappa shape index (κ2) is 4.61. The fraction of sp³-hybridized carbons (Fsp3) is 0.789. The first-order valence-corrected chi connectivity index (χ1v) is 8.82. The predicted octanol–water partition coefficient (Wildman–Crippen LogP) is 3.19. The highest BCUT2D eigenvalue weighted by atomic mass is 16.3. The second-order valence-electron chi connectivity index (χ2n) is 8.64. The van der Waals surface area contributed by atoms with Crippen molar-refractivity contribution in [2.24, 2.45) is 34.5 Å². The molecule has 0 aromatic heterocycles. The fourth-order valence-corrected chi connectivity index (χ4v) is 6.56. The normalized spacial score (nSPS) is 56.8. The molecule has 4 aliphatic carbocycles. The summed E-state index contributed by atoms with van der Waals surface area (Å²) >= 11 is 0. The number of hydrogen-bond acceptors (Lipinski definition) is 3. The summed E-state index contributed by atoms with van der Waals surface area (Å²) in [4.78, 5) is 0. The summed E-state index contributed by atoms with van der Waals surface area (Å²) in [7, 11) is 0. The first kappa shape index (κ1) is 14.8. The van der Waals surface area contributed by atoms with E-state index < -0.39 is 0 Å².